The van der Waals surface area contributed by atoms with Crippen LogP contribution in [-0.2, 0) is 11.2 Å². The Morgan fingerprint density at radius 3 is 2.71 bits per heavy atom. The second-order valence-electron chi connectivity index (χ2n) is 6.00. The Morgan fingerprint density at radius 1 is 1.43 bits per heavy atom. The van der Waals surface area contributed by atoms with Crippen LogP contribution in [0.15, 0.2) is 18.2 Å². The summed E-state index contributed by atoms with van der Waals surface area (Å²) in [7, 11) is -1.28. The van der Waals surface area contributed by atoms with Gasteiger partial charge in [-0.1, -0.05) is 49.1 Å². The van der Waals surface area contributed by atoms with Crippen molar-refractivity contribution in [3.8, 4) is 0 Å². The maximum Gasteiger partial charge on any atom is 0.219 e. The molecule has 1 rings (SSSR count). The number of rotatable bonds is 7. The molecule has 0 spiro atoms. The number of aromatic nitrogens is 1. The zero-order valence-corrected chi connectivity index (χ0v) is 16.6. The summed E-state index contributed by atoms with van der Waals surface area (Å²) < 4.78 is 6.12. The summed E-state index contributed by atoms with van der Waals surface area (Å²) in [4.78, 5) is 4.92. The van der Waals surface area contributed by atoms with Crippen LogP contribution in [0.5, 0.6) is 0 Å². The quantitative estimate of drug-likeness (QED) is 0.370. The van der Waals surface area contributed by atoms with Crippen molar-refractivity contribution in [2.75, 3.05) is 6.61 Å². The van der Waals surface area contributed by atoms with Gasteiger partial charge in [0, 0.05) is 10.6 Å². The van der Waals surface area contributed by atoms with Gasteiger partial charge in [0.15, 0.2) is 0 Å². The average Bonchev–Trinajstić information content (AvgIpc) is 2.37. The highest BCUT2D eigenvalue weighted by atomic mass is 35.5. The molecule has 0 aliphatic rings. The van der Waals surface area contributed by atoms with E-state index in [2.05, 4.69) is 24.6 Å². The lowest BCUT2D eigenvalue weighted by molar-refractivity contribution is 0.346. The van der Waals surface area contributed by atoms with Crippen LogP contribution in [0.1, 0.15) is 25.5 Å². The number of nitrogens with zero attached hydrogens (tertiary/aromatic N) is 1. The number of halogens is 1. The van der Waals surface area contributed by atoms with Gasteiger partial charge in [-0.05, 0) is 50.5 Å². The van der Waals surface area contributed by atoms with E-state index in [0.717, 1.165) is 25.0 Å². The van der Waals surface area contributed by atoms with Gasteiger partial charge in [0.2, 0.25) is 4.38 Å². The second-order valence-corrected chi connectivity index (χ2v) is 14.0. The molecule has 2 nitrogen and oxygen atoms in total. The monoisotopic (exact) mass is 361 g/mol. The number of thioether (sulfide) groups is 1. The van der Waals surface area contributed by atoms with Crippen molar-refractivity contribution in [1.29, 1.82) is 0 Å². The number of aryl methyl sites for hydroxylation is 1. The third-order valence-corrected chi connectivity index (χ3v) is 9.28. The van der Waals surface area contributed by atoms with E-state index < -0.39 is 8.07 Å². The normalized spacial score (nSPS) is 13.0. The molecule has 0 amide bonds. The maximum absolute atomic E-state index is 5.92. The predicted octanol–water partition coefficient (Wildman–Crippen LogP) is 5.36. The lowest BCUT2D eigenvalue weighted by Gasteiger charge is -2.28. The minimum Gasteiger partial charge on any atom is -0.479 e. The van der Waals surface area contributed by atoms with Gasteiger partial charge in [-0.3, -0.25) is 0 Å². The zero-order chi connectivity index (χ0) is 15.9. The molecule has 1 heterocycles. The maximum atomic E-state index is 5.92. The highest BCUT2D eigenvalue weighted by molar-refractivity contribution is 8.23. The molecule has 0 radical (unpaired) electrons. The van der Waals surface area contributed by atoms with Crippen molar-refractivity contribution in [3.63, 3.8) is 0 Å². The molecule has 0 bridgehead atoms. The van der Waals surface area contributed by atoms with Gasteiger partial charge in [-0.15, -0.1) is 0 Å². The Labute approximate surface area is 144 Å². The fraction of sp³-hybridized carbons (Fsp3) is 0.600. The summed E-state index contributed by atoms with van der Waals surface area (Å²) in [5.74, 6) is 0. The molecule has 0 aromatic carbocycles. The van der Waals surface area contributed by atoms with E-state index in [0.29, 0.717) is 21.0 Å². The first-order chi connectivity index (χ1) is 9.82. The van der Waals surface area contributed by atoms with Gasteiger partial charge in [0.1, 0.15) is 5.15 Å². The number of thiocarbonyl (C=S) groups is 1. The summed E-state index contributed by atoms with van der Waals surface area (Å²) in [6, 6.07) is 5.80. The van der Waals surface area contributed by atoms with Gasteiger partial charge in [-0.25, -0.2) is 4.98 Å². The molecule has 21 heavy (non-hydrogen) atoms. The van der Waals surface area contributed by atoms with Gasteiger partial charge in [0.25, 0.3) is 0 Å². The Morgan fingerprint density at radius 2 is 2.14 bits per heavy atom. The van der Waals surface area contributed by atoms with E-state index >= 15 is 0 Å². The van der Waals surface area contributed by atoms with Crippen LogP contribution in [-0.4, -0.2) is 28.9 Å². The topological polar surface area (TPSA) is 22.1 Å². The fourth-order valence-electron chi connectivity index (χ4n) is 1.99. The Bertz CT molecular complexity index is 465. The lowest BCUT2D eigenvalue weighted by Crippen LogP contribution is -2.36. The van der Waals surface area contributed by atoms with E-state index in [1.807, 2.05) is 25.1 Å². The first kappa shape index (κ1) is 18.9. The number of ether oxygens (including phenoxy) is 1. The zero-order valence-electron chi connectivity index (χ0n) is 13.2. The van der Waals surface area contributed by atoms with Crippen molar-refractivity contribution >= 4 is 48.0 Å². The molecule has 0 fully saturated rings. The molecule has 0 saturated carbocycles. The summed E-state index contributed by atoms with van der Waals surface area (Å²) in [6.45, 7) is 9.78. The van der Waals surface area contributed by atoms with Crippen LogP contribution in [0.4, 0.5) is 0 Å². The number of hydrogen-bond donors (Lipinski definition) is 0. The molecule has 1 aromatic rings. The van der Waals surface area contributed by atoms with Crippen molar-refractivity contribution < 1.29 is 4.74 Å². The Hall–Kier alpha value is -0.103. The van der Waals surface area contributed by atoms with Crippen molar-refractivity contribution in [2.45, 2.75) is 50.7 Å². The van der Waals surface area contributed by atoms with Crippen LogP contribution in [0.2, 0.25) is 24.8 Å². The van der Waals surface area contributed by atoms with E-state index in [4.69, 9.17) is 28.6 Å². The highest BCUT2D eigenvalue weighted by Gasteiger charge is 2.28. The van der Waals surface area contributed by atoms with Crippen LogP contribution in [0, 0.1) is 0 Å². The van der Waals surface area contributed by atoms with Gasteiger partial charge >= 0.3 is 0 Å². The molecule has 118 valence electrons. The second kappa shape index (κ2) is 9.13. The average molecular weight is 362 g/mol. The van der Waals surface area contributed by atoms with E-state index in [9.17, 15) is 0 Å². The molecule has 0 N–H and O–H groups in total. The molecular formula is C15H24ClNOS2Si. The van der Waals surface area contributed by atoms with Crippen LogP contribution >= 0.6 is 35.6 Å². The lowest BCUT2D eigenvalue weighted by atomic mass is 10.2. The Kier molecular flexibility index (Phi) is 8.24. The molecule has 0 aliphatic heterocycles. The SMILES string of the molecule is CCOC(=S)SC(CCCc1cccc(Cl)n1)[Si](C)(C)C. The number of pyridine rings is 1. The third kappa shape index (κ3) is 7.63. The standard InChI is InChI=1S/C15H24ClNOS2Si/c1-5-18-15(19)20-14(21(2,3)4)11-7-9-12-8-6-10-13(16)17-12/h6,8,10,14H,5,7,9,11H2,1-4H3. The van der Waals surface area contributed by atoms with Crippen molar-refractivity contribution in [1.82, 2.24) is 4.98 Å². The molecule has 6 heteroatoms. The first-order valence-corrected chi connectivity index (χ1v) is 12.5. The van der Waals surface area contributed by atoms with Crippen LogP contribution < -0.4 is 0 Å². The molecule has 0 saturated heterocycles. The van der Waals surface area contributed by atoms with E-state index in [1.54, 1.807) is 11.8 Å². The summed E-state index contributed by atoms with van der Waals surface area (Å²) in [5, 5.41) is 0.571. The van der Waals surface area contributed by atoms with Crippen LogP contribution in [0.3, 0.4) is 0 Å². The largest absolute Gasteiger partial charge is 0.479 e. The fourth-order valence-corrected chi connectivity index (χ4v) is 6.41. The smallest absolute Gasteiger partial charge is 0.219 e. The summed E-state index contributed by atoms with van der Waals surface area (Å²) >= 11 is 13.0. The Balaban J connectivity index is 2.52. The first-order valence-electron chi connectivity index (χ1n) is 7.27. The third-order valence-electron chi connectivity index (χ3n) is 3.14. The summed E-state index contributed by atoms with van der Waals surface area (Å²) in [6.07, 6.45) is 3.20. The predicted molar refractivity (Wildman–Crippen MR) is 101 cm³/mol. The molecular weight excluding hydrogens is 338 g/mol. The van der Waals surface area contributed by atoms with E-state index in [-0.39, 0.29) is 0 Å². The van der Waals surface area contributed by atoms with E-state index in [1.165, 1.54) is 0 Å². The van der Waals surface area contributed by atoms with Gasteiger partial charge in [-0.2, -0.15) is 0 Å². The van der Waals surface area contributed by atoms with Gasteiger partial charge < -0.3 is 4.74 Å². The number of hydrogen-bond acceptors (Lipinski definition) is 4. The van der Waals surface area contributed by atoms with Crippen molar-refractivity contribution in [2.24, 2.45) is 0 Å². The molecule has 1 atom stereocenters. The van der Waals surface area contributed by atoms with Gasteiger partial charge in [0.05, 0.1) is 14.7 Å². The summed E-state index contributed by atoms with van der Waals surface area (Å²) in [5.41, 5.74) is 1.06. The van der Waals surface area contributed by atoms with Crippen LogP contribution in [0.25, 0.3) is 0 Å². The molecule has 0 aliphatic carbocycles. The molecule has 1 unspecified atom stereocenters. The minimum absolute atomic E-state index is 0.571. The highest BCUT2D eigenvalue weighted by Crippen LogP contribution is 2.28. The molecule has 1 aromatic heterocycles. The van der Waals surface area contributed by atoms with Crippen molar-refractivity contribution in [3.05, 3.63) is 29.0 Å². The minimum atomic E-state index is -1.28.